The molecule has 1 aliphatic rings. The Labute approximate surface area is 130 Å². The van der Waals surface area contributed by atoms with Crippen molar-refractivity contribution in [3.63, 3.8) is 0 Å². The number of hydrogen-bond acceptors (Lipinski definition) is 3. The van der Waals surface area contributed by atoms with Crippen LogP contribution in [0.5, 0.6) is 5.75 Å². The van der Waals surface area contributed by atoms with E-state index in [1.54, 1.807) is 11.8 Å². The van der Waals surface area contributed by atoms with E-state index >= 15 is 0 Å². The summed E-state index contributed by atoms with van der Waals surface area (Å²) in [5.74, 6) is 0.995. The van der Waals surface area contributed by atoms with E-state index in [4.69, 9.17) is 10.5 Å². The maximum absolute atomic E-state index is 6.52. The monoisotopic (exact) mass is 299 g/mol. The quantitative estimate of drug-likeness (QED) is 0.866. The molecular formula is C18H21NOS. The molecule has 0 amide bonds. The lowest BCUT2D eigenvalue weighted by molar-refractivity contribution is 0.291. The maximum Gasteiger partial charge on any atom is 0.123 e. The fourth-order valence-electron chi connectivity index (χ4n) is 2.83. The van der Waals surface area contributed by atoms with Crippen LogP contribution >= 0.6 is 11.8 Å². The number of fused-ring (bicyclic) bond motifs is 1. The lowest BCUT2D eigenvalue weighted by atomic mass is 9.85. The molecule has 21 heavy (non-hydrogen) atoms. The average molecular weight is 299 g/mol. The third kappa shape index (κ3) is 2.56. The third-order valence-electron chi connectivity index (χ3n) is 4.15. The molecule has 0 saturated heterocycles. The number of ether oxygens (including phenoxy) is 1. The van der Waals surface area contributed by atoms with Crippen molar-refractivity contribution in [1.29, 1.82) is 0 Å². The lowest BCUT2D eigenvalue weighted by Gasteiger charge is -2.19. The fraction of sp³-hybridized carbons (Fsp3) is 0.333. The van der Waals surface area contributed by atoms with Gasteiger partial charge < -0.3 is 10.5 Å². The molecule has 1 heterocycles. The normalized spacial score (nSPS) is 17.1. The second-order valence-electron chi connectivity index (χ2n) is 6.15. The summed E-state index contributed by atoms with van der Waals surface area (Å²) in [6, 6.07) is 14.6. The van der Waals surface area contributed by atoms with Crippen LogP contribution in [0.3, 0.4) is 0 Å². The van der Waals surface area contributed by atoms with Gasteiger partial charge in [0.25, 0.3) is 0 Å². The predicted octanol–water partition coefficient (Wildman–Crippen LogP) is 4.13. The van der Waals surface area contributed by atoms with Crippen LogP contribution in [0.4, 0.5) is 0 Å². The zero-order chi connectivity index (χ0) is 15.0. The summed E-state index contributed by atoms with van der Waals surface area (Å²) in [4.78, 5) is 1.24. The minimum absolute atomic E-state index is 0.0596. The van der Waals surface area contributed by atoms with E-state index in [9.17, 15) is 0 Å². The van der Waals surface area contributed by atoms with Gasteiger partial charge in [0.1, 0.15) is 5.75 Å². The predicted molar refractivity (Wildman–Crippen MR) is 89.2 cm³/mol. The summed E-state index contributed by atoms with van der Waals surface area (Å²) in [5, 5.41) is 0. The molecule has 0 fully saturated rings. The standard InChI is InChI=1S/C18H21NOS/c1-18(2)11-20-15-9-8-12(10-14(15)18)17(19)13-6-4-5-7-16(13)21-3/h4-10,17H,11,19H2,1-3H3. The smallest absolute Gasteiger partial charge is 0.123 e. The van der Waals surface area contributed by atoms with Crippen LogP contribution in [0.1, 0.15) is 36.6 Å². The van der Waals surface area contributed by atoms with Gasteiger partial charge in [0.05, 0.1) is 12.6 Å². The Balaban J connectivity index is 2.01. The molecule has 2 nitrogen and oxygen atoms in total. The van der Waals surface area contributed by atoms with Gasteiger partial charge in [-0.25, -0.2) is 0 Å². The Kier molecular flexibility index (Phi) is 3.72. The van der Waals surface area contributed by atoms with E-state index in [2.05, 4.69) is 62.6 Å². The summed E-state index contributed by atoms with van der Waals surface area (Å²) in [6.07, 6.45) is 2.09. The van der Waals surface area contributed by atoms with Gasteiger partial charge in [-0.15, -0.1) is 11.8 Å². The summed E-state index contributed by atoms with van der Waals surface area (Å²) >= 11 is 1.74. The molecule has 0 bridgehead atoms. The van der Waals surface area contributed by atoms with Gasteiger partial charge in [-0.05, 0) is 35.6 Å². The molecular weight excluding hydrogens is 278 g/mol. The first-order valence-corrected chi connectivity index (χ1v) is 8.41. The minimum Gasteiger partial charge on any atom is -0.492 e. The van der Waals surface area contributed by atoms with Crippen molar-refractivity contribution in [1.82, 2.24) is 0 Å². The zero-order valence-electron chi connectivity index (χ0n) is 12.7. The Bertz CT molecular complexity index is 666. The molecule has 0 aromatic heterocycles. The van der Waals surface area contributed by atoms with Crippen LogP contribution < -0.4 is 10.5 Å². The van der Waals surface area contributed by atoms with E-state index < -0.39 is 0 Å². The number of thioether (sulfide) groups is 1. The molecule has 3 heteroatoms. The first kappa shape index (κ1) is 14.5. The molecule has 2 aromatic rings. The Morgan fingerprint density at radius 1 is 1.19 bits per heavy atom. The highest BCUT2D eigenvalue weighted by atomic mass is 32.2. The molecule has 0 aliphatic carbocycles. The van der Waals surface area contributed by atoms with Crippen molar-refractivity contribution in [3.05, 3.63) is 59.2 Å². The number of nitrogens with two attached hydrogens (primary N) is 1. The maximum atomic E-state index is 6.52. The second-order valence-corrected chi connectivity index (χ2v) is 7.00. The summed E-state index contributed by atoms with van der Waals surface area (Å²) in [6.45, 7) is 5.16. The highest BCUT2D eigenvalue weighted by molar-refractivity contribution is 7.98. The van der Waals surface area contributed by atoms with Crippen LogP contribution in [-0.4, -0.2) is 12.9 Å². The van der Waals surface area contributed by atoms with Crippen molar-refractivity contribution >= 4 is 11.8 Å². The van der Waals surface area contributed by atoms with Gasteiger partial charge in [-0.1, -0.05) is 38.1 Å². The molecule has 1 aliphatic heterocycles. The first-order chi connectivity index (χ1) is 10.0. The van der Waals surface area contributed by atoms with Gasteiger partial charge in [0.2, 0.25) is 0 Å². The lowest BCUT2D eigenvalue weighted by Crippen LogP contribution is -2.19. The highest BCUT2D eigenvalue weighted by Crippen LogP contribution is 2.40. The SMILES string of the molecule is CSc1ccccc1C(N)c1ccc2c(c1)C(C)(C)CO2. The molecule has 2 aromatic carbocycles. The highest BCUT2D eigenvalue weighted by Gasteiger charge is 2.32. The topological polar surface area (TPSA) is 35.2 Å². The van der Waals surface area contributed by atoms with E-state index in [1.807, 2.05) is 0 Å². The van der Waals surface area contributed by atoms with E-state index in [0.717, 1.165) is 17.9 Å². The van der Waals surface area contributed by atoms with E-state index in [0.29, 0.717) is 0 Å². The van der Waals surface area contributed by atoms with Crippen LogP contribution in [0.2, 0.25) is 0 Å². The fourth-order valence-corrected chi connectivity index (χ4v) is 3.48. The Morgan fingerprint density at radius 2 is 1.95 bits per heavy atom. The molecule has 0 saturated carbocycles. The summed E-state index contributed by atoms with van der Waals surface area (Å²) in [7, 11) is 0. The molecule has 1 atom stereocenters. The van der Waals surface area contributed by atoms with Crippen molar-refractivity contribution < 1.29 is 4.74 Å². The van der Waals surface area contributed by atoms with Crippen LogP contribution in [-0.2, 0) is 5.41 Å². The Hall–Kier alpha value is -1.45. The van der Waals surface area contributed by atoms with Crippen molar-refractivity contribution in [2.75, 3.05) is 12.9 Å². The minimum atomic E-state index is -0.102. The number of benzene rings is 2. The average Bonchev–Trinajstić information content (AvgIpc) is 2.81. The number of hydrogen-bond donors (Lipinski definition) is 1. The largest absolute Gasteiger partial charge is 0.492 e. The summed E-state index contributed by atoms with van der Waals surface area (Å²) in [5.41, 5.74) is 10.2. The van der Waals surface area contributed by atoms with E-state index in [1.165, 1.54) is 16.0 Å². The first-order valence-electron chi connectivity index (χ1n) is 7.18. The second kappa shape index (κ2) is 5.39. The van der Waals surface area contributed by atoms with Gasteiger partial charge in [0, 0.05) is 15.9 Å². The van der Waals surface area contributed by atoms with Crippen LogP contribution in [0.25, 0.3) is 0 Å². The van der Waals surface area contributed by atoms with Gasteiger partial charge in [-0.2, -0.15) is 0 Å². The van der Waals surface area contributed by atoms with Crippen LogP contribution in [0.15, 0.2) is 47.4 Å². The van der Waals surface area contributed by atoms with Gasteiger partial charge >= 0.3 is 0 Å². The third-order valence-corrected chi connectivity index (χ3v) is 4.97. The molecule has 0 spiro atoms. The zero-order valence-corrected chi connectivity index (χ0v) is 13.5. The van der Waals surface area contributed by atoms with Gasteiger partial charge in [0.15, 0.2) is 0 Å². The Morgan fingerprint density at radius 3 is 2.71 bits per heavy atom. The molecule has 110 valence electrons. The molecule has 3 rings (SSSR count). The van der Waals surface area contributed by atoms with Crippen molar-refractivity contribution in [2.45, 2.75) is 30.2 Å². The van der Waals surface area contributed by atoms with Crippen LogP contribution in [0, 0.1) is 0 Å². The summed E-state index contributed by atoms with van der Waals surface area (Å²) < 4.78 is 5.75. The van der Waals surface area contributed by atoms with Gasteiger partial charge in [-0.3, -0.25) is 0 Å². The molecule has 1 unspecified atom stereocenters. The molecule has 0 radical (unpaired) electrons. The number of rotatable bonds is 3. The molecule has 2 N–H and O–H groups in total. The van der Waals surface area contributed by atoms with Crippen molar-refractivity contribution in [2.24, 2.45) is 5.73 Å². The van der Waals surface area contributed by atoms with Crippen molar-refractivity contribution in [3.8, 4) is 5.75 Å². The van der Waals surface area contributed by atoms with E-state index in [-0.39, 0.29) is 11.5 Å².